The van der Waals surface area contributed by atoms with Gasteiger partial charge in [0.15, 0.2) is 0 Å². The summed E-state index contributed by atoms with van der Waals surface area (Å²) in [5.41, 5.74) is 1.31. The molecule has 2 aromatic rings. The number of amides is 2. The van der Waals surface area contributed by atoms with Gasteiger partial charge in [-0.25, -0.2) is 8.78 Å². The van der Waals surface area contributed by atoms with Gasteiger partial charge in [-0.2, -0.15) is 0 Å². The average molecular weight is 512 g/mol. The molecular weight excluding hydrogens is 472 g/mol. The maximum absolute atomic E-state index is 14.0. The molecule has 2 amide bonds. The van der Waals surface area contributed by atoms with E-state index in [0.29, 0.717) is 6.42 Å². The van der Waals surface area contributed by atoms with Crippen LogP contribution in [0.25, 0.3) is 0 Å². The van der Waals surface area contributed by atoms with Gasteiger partial charge in [0.2, 0.25) is 11.8 Å². The summed E-state index contributed by atoms with van der Waals surface area (Å²) in [6, 6.07) is 12.3. The van der Waals surface area contributed by atoms with Gasteiger partial charge < -0.3 is 15.5 Å². The van der Waals surface area contributed by atoms with Gasteiger partial charge in [-0.3, -0.25) is 9.59 Å². The standard InChI is InChI=1S/C30H39F2N3O2/c1-30(34-28(36)20-22-10-12-25(31)13-11-22)15-18-35(19-16-30)17-14-27(24-8-5-9-26(32)21-24)33-29(37)23-6-3-2-4-7-23/h5,8-13,21,23,27H,2-4,6-7,14-20H2,1H3,(H,33,37)(H,34,36)/t27-/m0/s1. The topological polar surface area (TPSA) is 61.4 Å². The maximum atomic E-state index is 14.0. The molecule has 0 spiro atoms. The van der Waals surface area contributed by atoms with Crippen molar-refractivity contribution in [2.45, 2.75) is 76.3 Å². The summed E-state index contributed by atoms with van der Waals surface area (Å²) in [4.78, 5) is 27.9. The molecule has 2 aromatic carbocycles. The number of carbonyl (C=O) groups is 2. The zero-order valence-electron chi connectivity index (χ0n) is 21.8. The number of carbonyl (C=O) groups excluding carboxylic acids is 2. The number of hydrogen-bond donors (Lipinski definition) is 2. The maximum Gasteiger partial charge on any atom is 0.224 e. The highest BCUT2D eigenvalue weighted by atomic mass is 19.1. The Hall–Kier alpha value is -2.80. The molecule has 0 aromatic heterocycles. The van der Waals surface area contributed by atoms with E-state index in [2.05, 4.69) is 22.5 Å². The number of hydrogen-bond acceptors (Lipinski definition) is 3. The van der Waals surface area contributed by atoms with Gasteiger partial charge in [0.05, 0.1) is 12.5 Å². The quantitative estimate of drug-likeness (QED) is 0.480. The van der Waals surface area contributed by atoms with E-state index in [-0.39, 0.29) is 47.4 Å². The Balaban J connectivity index is 1.29. The second-order valence-electron chi connectivity index (χ2n) is 11.0. The zero-order valence-corrected chi connectivity index (χ0v) is 21.8. The molecular formula is C30H39F2N3O2. The van der Waals surface area contributed by atoms with E-state index < -0.39 is 0 Å². The largest absolute Gasteiger partial charge is 0.351 e. The third kappa shape index (κ3) is 8.09. The number of benzene rings is 2. The summed E-state index contributed by atoms with van der Waals surface area (Å²) >= 11 is 0. The van der Waals surface area contributed by atoms with Gasteiger partial charge in [0.25, 0.3) is 0 Å². The SMILES string of the molecule is CC1(NC(=O)Cc2ccc(F)cc2)CCN(CC[C@H](NC(=O)C2CCCCC2)c2cccc(F)c2)CC1. The van der Waals surface area contributed by atoms with Gasteiger partial charge in [-0.05, 0) is 74.4 Å². The predicted molar refractivity (Wildman–Crippen MR) is 141 cm³/mol. The molecule has 2 aliphatic rings. The number of piperidine rings is 1. The lowest BCUT2D eigenvalue weighted by atomic mass is 9.88. The fourth-order valence-electron chi connectivity index (χ4n) is 5.58. The lowest BCUT2D eigenvalue weighted by molar-refractivity contribution is -0.126. The summed E-state index contributed by atoms with van der Waals surface area (Å²) in [7, 11) is 0. The van der Waals surface area contributed by atoms with Crippen molar-refractivity contribution in [3.63, 3.8) is 0 Å². The minimum absolute atomic E-state index is 0.0547. The lowest BCUT2D eigenvalue weighted by Crippen LogP contribution is -2.54. The van der Waals surface area contributed by atoms with E-state index in [9.17, 15) is 18.4 Å². The van der Waals surface area contributed by atoms with E-state index in [1.807, 2.05) is 6.07 Å². The summed E-state index contributed by atoms with van der Waals surface area (Å²) in [5.74, 6) is -0.515. The number of likely N-dealkylation sites (tertiary alicyclic amines) is 1. The smallest absolute Gasteiger partial charge is 0.224 e. The van der Waals surface area contributed by atoms with E-state index >= 15 is 0 Å². The molecule has 5 nitrogen and oxygen atoms in total. The fourth-order valence-corrected chi connectivity index (χ4v) is 5.58. The summed E-state index contributed by atoms with van der Waals surface area (Å²) < 4.78 is 27.1. The van der Waals surface area contributed by atoms with Crippen LogP contribution in [0.1, 0.15) is 75.5 Å². The first-order chi connectivity index (χ1) is 17.8. The van der Waals surface area contributed by atoms with Crippen molar-refractivity contribution in [2.75, 3.05) is 19.6 Å². The average Bonchev–Trinajstić information content (AvgIpc) is 2.89. The molecule has 1 heterocycles. The van der Waals surface area contributed by atoms with Crippen LogP contribution in [0.4, 0.5) is 8.78 Å². The molecule has 2 N–H and O–H groups in total. The van der Waals surface area contributed by atoms with Crippen LogP contribution >= 0.6 is 0 Å². The Bertz CT molecular complexity index is 1050. The van der Waals surface area contributed by atoms with Gasteiger partial charge in [0.1, 0.15) is 11.6 Å². The van der Waals surface area contributed by atoms with E-state index in [1.165, 1.54) is 30.7 Å². The molecule has 1 saturated carbocycles. The molecule has 37 heavy (non-hydrogen) atoms. The van der Waals surface area contributed by atoms with Crippen molar-refractivity contribution in [1.29, 1.82) is 0 Å². The van der Waals surface area contributed by atoms with Crippen molar-refractivity contribution in [2.24, 2.45) is 5.92 Å². The van der Waals surface area contributed by atoms with Crippen LogP contribution in [0.3, 0.4) is 0 Å². The van der Waals surface area contributed by atoms with Crippen molar-refractivity contribution >= 4 is 11.8 Å². The molecule has 1 saturated heterocycles. The number of nitrogens with one attached hydrogen (secondary N) is 2. The highest BCUT2D eigenvalue weighted by Crippen LogP contribution is 2.27. The number of nitrogens with zero attached hydrogens (tertiary/aromatic N) is 1. The first kappa shape index (κ1) is 27.2. The van der Waals surface area contributed by atoms with E-state index in [0.717, 1.165) is 69.3 Å². The minimum Gasteiger partial charge on any atom is -0.351 e. The molecule has 0 unspecified atom stereocenters. The molecule has 0 radical (unpaired) electrons. The summed E-state index contributed by atoms with van der Waals surface area (Å²) in [6.45, 7) is 4.53. The molecule has 4 rings (SSSR count). The van der Waals surface area contributed by atoms with Crippen molar-refractivity contribution in [3.05, 3.63) is 71.3 Å². The van der Waals surface area contributed by atoms with Crippen molar-refractivity contribution in [1.82, 2.24) is 15.5 Å². The second-order valence-corrected chi connectivity index (χ2v) is 11.0. The molecule has 1 aliphatic carbocycles. The third-order valence-electron chi connectivity index (χ3n) is 7.96. The minimum atomic E-state index is -0.309. The first-order valence-corrected chi connectivity index (χ1v) is 13.6. The van der Waals surface area contributed by atoms with Crippen LogP contribution < -0.4 is 10.6 Å². The molecule has 2 fully saturated rings. The van der Waals surface area contributed by atoms with Crippen LogP contribution in [-0.4, -0.2) is 41.9 Å². The van der Waals surface area contributed by atoms with E-state index in [1.54, 1.807) is 18.2 Å². The lowest BCUT2D eigenvalue weighted by Gasteiger charge is -2.40. The van der Waals surface area contributed by atoms with Crippen LogP contribution in [0.15, 0.2) is 48.5 Å². The zero-order chi connectivity index (χ0) is 26.3. The monoisotopic (exact) mass is 511 g/mol. The van der Waals surface area contributed by atoms with Crippen molar-refractivity contribution in [3.8, 4) is 0 Å². The van der Waals surface area contributed by atoms with E-state index in [4.69, 9.17) is 0 Å². The Morgan fingerprint density at radius 2 is 1.70 bits per heavy atom. The molecule has 1 atom stereocenters. The summed E-state index contributed by atoms with van der Waals surface area (Å²) in [6.07, 6.45) is 7.81. The third-order valence-corrected chi connectivity index (χ3v) is 7.96. The molecule has 7 heteroatoms. The Kier molecular flexibility index (Phi) is 9.30. The van der Waals surface area contributed by atoms with Gasteiger partial charge in [0, 0.05) is 31.1 Å². The van der Waals surface area contributed by atoms with Crippen LogP contribution in [0.2, 0.25) is 0 Å². The molecule has 1 aliphatic heterocycles. The Morgan fingerprint density at radius 1 is 1.00 bits per heavy atom. The van der Waals surface area contributed by atoms with Gasteiger partial charge >= 0.3 is 0 Å². The van der Waals surface area contributed by atoms with Gasteiger partial charge in [-0.1, -0.05) is 43.5 Å². The number of halogens is 2. The van der Waals surface area contributed by atoms with Gasteiger partial charge in [-0.15, -0.1) is 0 Å². The predicted octanol–water partition coefficient (Wildman–Crippen LogP) is 5.31. The Labute approximate surface area is 219 Å². The highest BCUT2D eigenvalue weighted by Gasteiger charge is 2.32. The summed E-state index contributed by atoms with van der Waals surface area (Å²) in [5, 5.41) is 6.41. The second kappa shape index (κ2) is 12.6. The molecule has 0 bridgehead atoms. The number of rotatable bonds is 9. The Morgan fingerprint density at radius 3 is 2.38 bits per heavy atom. The van der Waals surface area contributed by atoms with Crippen LogP contribution in [0.5, 0.6) is 0 Å². The normalized spacial score (nSPS) is 19.2. The van der Waals surface area contributed by atoms with Crippen LogP contribution in [0, 0.1) is 17.6 Å². The fraction of sp³-hybridized carbons (Fsp3) is 0.533. The molecule has 200 valence electrons. The highest BCUT2D eigenvalue weighted by molar-refractivity contribution is 5.79. The van der Waals surface area contributed by atoms with Crippen molar-refractivity contribution < 1.29 is 18.4 Å². The van der Waals surface area contributed by atoms with Crippen LogP contribution in [-0.2, 0) is 16.0 Å². The first-order valence-electron chi connectivity index (χ1n) is 13.6.